The fourth-order valence-corrected chi connectivity index (χ4v) is 8.67. The molecule has 0 atom stereocenters. The predicted octanol–water partition coefficient (Wildman–Crippen LogP) is 6.02. The number of benzene rings is 3. The Hall–Kier alpha value is -4.65. The molecule has 3 aromatic heterocycles. The lowest BCUT2D eigenvalue weighted by Gasteiger charge is -2.13. The number of phenolic OH excluding ortho intramolecular Hbond substituents is 1. The van der Waals surface area contributed by atoms with Gasteiger partial charge in [0.2, 0.25) is 20.0 Å². The molecule has 0 spiro atoms. The first-order chi connectivity index (χ1) is 25.6. The Morgan fingerprint density at radius 2 is 0.873 bits per heavy atom. The average molecular weight is 832 g/mol. The van der Waals surface area contributed by atoms with Gasteiger partial charge in [0.05, 0.1) is 14.2 Å². The number of methoxy groups -OCH3 is 2. The highest BCUT2D eigenvalue weighted by Gasteiger charge is 2.24. The molecule has 0 aliphatic rings. The van der Waals surface area contributed by atoms with Gasteiger partial charge in [-0.2, -0.15) is 0 Å². The zero-order valence-electron chi connectivity index (χ0n) is 31.9. The summed E-state index contributed by atoms with van der Waals surface area (Å²) in [6, 6.07) is 15.8. The summed E-state index contributed by atoms with van der Waals surface area (Å²) in [4.78, 5) is 12.9. The van der Waals surface area contributed by atoms with E-state index in [9.17, 15) is 30.4 Å². The van der Waals surface area contributed by atoms with E-state index in [0.717, 1.165) is 49.9 Å². The standard InChI is InChI=1S/C13H16N2O3S.C12H12ClNO3S.C12H14N2O3S/c1-8-7-11(19(16,17)14-3)13(18-4)12-10(8)6-5-9(2)15-12;1-7-6-10(18(13,15)16)12(17-3)11-9(7)5-4-8(2)14-11;1-7-6-10(18(16,17)13-3)12(15)11-9(7)5-4-8(2)14-11/h5-7,14H,1-4H3;4-6H,1-3H3;4-6,13,15H,1-3H3. The number of nitrogens with zero attached hydrogens (tertiary/aromatic N) is 3. The maximum absolute atomic E-state index is 12.0. The summed E-state index contributed by atoms with van der Waals surface area (Å²) >= 11 is 0. The molecule has 55 heavy (non-hydrogen) atoms. The van der Waals surface area contributed by atoms with E-state index in [1.54, 1.807) is 19.9 Å². The van der Waals surface area contributed by atoms with Crippen LogP contribution < -0.4 is 18.9 Å². The smallest absolute Gasteiger partial charge is 0.265 e. The fourth-order valence-electron chi connectivity index (χ4n) is 5.72. The van der Waals surface area contributed by atoms with Crippen LogP contribution in [-0.2, 0) is 29.1 Å². The van der Waals surface area contributed by atoms with Crippen LogP contribution in [0.4, 0.5) is 0 Å². The van der Waals surface area contributed by atoms with Crippen LogP contribution in [0.5, 0.6) is 17.2 Å². The Morgan fingerprint density at radius 3 is 1.25 bits per heavy atom. The second kappa shape index (κ2) is 16.6. The molecule has 3 heterocycles. The van der Waals surface area contributed by atoms with E-state index in [1.807, 2.05) is 64.1 Å². The Kier molecular flexibility index (Phi) is 13.0. The Labute approximate surface area is 325 Å². The minimum absolute atomic E-state index is 0.0465. The molecule has 0 saturated carbocycles. The maximum atomic E-state index is 12.0. The van der Waals surface area contributed by atoms with Crippen molar-refractivity contribution in [2.75, 3.05) is 28.3 Å². The molecule has 0 unspecified atom stereocenters. The monoisotopic (exact) mass is 831 g/mol. The van der Waals surface area contributed by atoms with Crippen molar-refractivity contribution in [2.45, 2.75) is 56.2 Å². The lowest BCUT2D eigenvalue weighted by molar-refractivity contribution is 0.406. The molecule has 0 aliphatic carbocycles. The zero-order chi connectivity index (χ0) is 41.2. The first kappa shape index (κ1) is 43.1. The highest BCUT2D eigenvalue weighted by Crippen LogP contribution is 2.37. The van der Waals surface area contributed by atoms with Crippen LogP contribution in [0.15, 0.2) is 69.3 Å². The highest BCUT2D eigenvalue weighted by atomic mass is 35.7. The van der Waals surface area contributed by atoms with Gasteiger partial charge in [-0.1, -0.05) is 18.2 Å². The molecule has 6 rings (SSSR count). The number of phenols is 1. The number of aromatic nitrogens is 3. The van der Waals surface area contributed by atoms with Crippen molar-refractivity contribution in [2.24, 2.45) is 0 Å². The van der Waals surface area contributed by atoms with E-state index in [-0.39, 0.29) is 31.9 Å². The Balaban J connectivity index is 0.000000184. The number of sulfonamides is 2. The average Bonchev–Trinajstić information content (AvgIpc) is 3.12. The summed E-state index contributed by atoms with van der Waals surface area (Å²) in [5, 5.41) is 12.6. The van der Waals surface area contributed by atoms with Crippen molar-refractivity contribution in [3.8, 4) is 17.2 Å². The zero-order valence-corrected chi connectivity index (χ0v) is 35.1. The number of hydrogen-bond acceptors (Lipinski definition) is 12. The molecule has 18 heteroatoms. The number of nitrogens with one attached hydrogen (secondary N) is 2. The van der Waals surface area contributed by atoms with Crippen LogP contribution in [0.25, 0.3) is 32.7 Å². The largest absolute Gasteiger partial charge is 0.504 e. The SMILES string of the molecule is CNS(=O)(=O)c1cc(C)c2ccc(C)nc2c1O.CNS(=O)(=O)c1cc(C)c2ccc(C)nc2c1OC.COc1c(S(=O)(=O)Cl)cc(C)c2ccc(C)nc12. The summed E-state index contributed by atoms with van der Waals surface area (Å²) in [5.41, 5.74) is 6.08. The van der Waals surface area contributed by atoms with Crippen molar-refractivity contribution < 1.29 is 39.8 Å². The van der Waals surface area contributed by atoms with Crippen LogP contribution in [0, 0.1) is 41.5 Å². The van der Waals surface area contributed by atoms with Crippen molar-refractivity contribution in [3.05, 3.63) is 88.4 Å². The molecule has 6 aromatic rings. The molecule has 3 aromatic carbocycles. The summed E-state index contributed by atoms with van der Waals surface area (Å²) in [6.07, 6.45) is 0. The summed E-state index contributed by atoms with van der Waals surface area (Å²) in [5.74, 6) is 0.154. The molecule has 0 amide bonds. The fraction of sp³-hybridized carbons (Fsp3) is 0.270. The highest BCUT2D eigenvalue weighted by molar-refractivity contribution is 8.13. The number of ether oxygens (including phenoxy) is 2. The lowest BCUT2D eigenvalue weighted by atomic mass is 10.1. The molecular weight excluding hydrogens is 790 g/mol. The van der Waals surface area contributed by atoms with Crippen LogP contribution in [0.1, 0.15) is 33.8 Å². The summed E-state index contributed by atoms with van der Waals surface area (Å²) in [7, 11) is -0.198. The normalized spacial score (nSPS) is 11.8. The van der Waals surface area contributed by atoms with Gasteiger partial charge in [0, 0.05) is 43.9 Å². The molecular formula is C37H42ClN5O9S3. The van der Waals surface area contributed by atoms with Gasteiger partial charge in [-0.15, -0.1) is 0 Å². The summed E-state index contributed by atoms with van der Waals surface area (Å²) < 4.78 is 85.7. The van der Waals surface area contributed by atoms with Crippen molar-refractivity contribution >= 4 is 72.5 Å². The number of pyridine rings is 3. The van der Waals surface area contributed by atoms with E-state index in [4.69, 9.17) is 20.2 Å². The van der Waals surface area contributed by atoms with E-state index in [2.05, 4.69) is 24.4 Å². The molecule has 0 radical (unpaired) electrons. The lowest BCUT2D eigenvalue weighted by Crippen LogP contribution is -2.19. The second-order valence-electron chi connectivity index (χ2n) is 12.4. The van der Waals surface area contributed by atoms with E-state index >= 15 is 0 Å². The number of hydrogen-bond donors (Lipinski definition) is 3. The van der Waals surface area contributed by atoms with Gasteiger partial charge in [-0.05, 0) is 109 Å². The minimum Gasteiger partial charge on any atom is -0.504 e. The van der Waals surface area contributed by atoms with E-state index in [0.29, 0.717) is 16.6 Å². The molecule has 294 valence electrons. The van der Waals surface area contributed by atoms with Gasteiger partial charge < -0.3 is 14.6 Å². The van der Waals surface area contributed by atoms with Crippen molar-refractivity contribution in [1.82, 2.24) is 24.4 Å². The minimum atomic E-state index is -3.87. The van der Waals surface area contributed by atoms with Crippen LogP contribution in [-0.4, -0.2) is 73.6 Å². The van der Waals surface area contributed by atoms with Gasteiger partial charge in [0.15, 0.2) is 17.2 Å². The Morgan fingerprint density at radius 1 is 0.545 bits per heavy atom. The second-order valence-corrected chi connectivity index (χ2v) is 18.6. The molecule has 0 bridgehead atoms. The third-order valence-corrected chi connectivity index (χ3v) is 12.7. The molecule has 3 N–H and O–H groups in total. The first-order valence-electron chi connectivity index (χ1n) is 16.4. The molecule has 0 fully saturated rings. The third-order valence-electron chi connectivity index (χ3n) is 8.54. The van der Waals surface area contributed by atoms with Gasteiger partial charge >= 0.3 is 0 Å². The first-order valence-corrected chi connectivity index (χ1v) is 21.7. The number of fused-ring (bicyclic) bond motifs is 3. The van der Waals surface area contributed by atoms with Crippen LogP contribution in [0.3, 0.4) is 0 Å². The predicted molar refractivity (Wildman–Crippen MR) is 214 cm³/mol. The maximum Gasteiger partial charge on any atom is 0.265 e. The number of halogens is 1. The number of aryl methyl sites for hydroxylation is 6. The third kappa shape index (κ3) is 9.09. The van der Waals surface area contributed by atoms with Gasteiger partial charge in [0.1, 0.15) is 31.2 Å². The Bertz CT molecular complexity index is 2800. The van der Waals surface area contributed by atoms with Crippen LogP contribution >= 0.6 is 10.7 Å². The van der Waals surface area contributed by atoms with Gasteiger partial charge in [-0.3, -0.25) is 0 Å². The molecule has 0 saturated heterocycles. The topological polar surface area (TPSA) is 204 Å². The van der Waals surface area contributed by atoms with Crippen LogP contribution in [0.2, 0.25) is 0 Å². The van der Waals surface area contributed by atoms with Gasteiger partial charge in [0.25, 0.3) is 9.05 Å². The summed E-state index contributed by atoms with van der Waals surface area (Å²) in [6.45, 7) is 10.9. The molecule has 0 aliphatic heterocycles. The number of aromatic hydroxyl groups is 1. The van der Waals surface area contributed by atoms with Crippen molar-refractivity contribution in [3.63, 3.8) is 0 Å². The number of rotatable bonds is 7. The quantitative estimate of drug-likeness (QED) is 0.158. The van der Waals surface area contributed by atoms with Gasteiger partial charge in [-0.25, -0.2) is 49.6 Å². The van der Waals surface area contributed by atoms with E-state index < -0.39 is 29.1 Å². The molecule has 14 nitrogen and oxygen atoms in total. The van der Waals surface area contributed by atoms with E-state index in [1.165, 1.54) is 40.4 Å². The van der Waals surface area contributed by atoms with Crippen molar-refractivity contribution in [1.29, 1.82) is 0 Å².